The Morgan fingerprint density at radius 2 is 1.92 bits per heavy atom. The molecule has 1 aliphatic rings. The third-order valence-corrected chi connectivity index (χ3v) is 8.50. The fraction of sp³-hybridized carbons (Fsp3) is 0.375. The third-order valence-electron chi connectivity index (χ3n) is 5.97. The van der Waals surface area contributed by atoms with Crippen molar-refractivity contribution in [1.29, 1.82) is 0 Å². The first kappa shape index (κ1) is 27.9. The SMILES string of the molecule is C#CCN(c1ccc(CC(=O)N2CCN(c3ncnc4sc(CC(F)(F)F)cc34)CC2)c(Cl)c1)S(C)(=O)=O. The molecule has 0 radical (unpaired) electrons. The summed E-state index contributed by atoms with van der Waals surface area (Å²) in [7, 11) is -3.60. The van der Waals surface area contributed by atoms with Crippen LogP contribution < -0.4 is 9.21 Å². The number of carbonyl (C=O) groups excluding carboxylic acids is 1. The number of halogens is 4. The zero-order chi connectivity index (χ0) is 27.7. The Balaban J connectivity index is 1.41. The van der Waals surface area contributed by atoms with E-state index >= 15 is 0 Å². The summed E-state index contributed by atoms with van der Waals surface area (Å²) in [6, 6.07) is 6.11. The molecule has 0 saturated carbocycles. The summed E-state index contributed by atoms with van der Waals surface area (Å²) < 4.78 is 63.6. The zero-order valence-electron chi connectivity index (χ0n) is 20.2. The average Bonchev–Trinajstić information content (AvgIpc) is 3.24. The van der Waals surface area contributed by atoms with E-state index in [2.05, 4.69) is 15.9 Å². The summed E-state index contributed by atoms with van der Waals surface area (Å²) in [5.41, 5.74) is 0.855. The monoisotopic (exact) mass is 585 g/mol. The van der Waals surface area contributed by atoms with E-state index in [0.29, 0.717) is 53.5 Å². The molecule has 202 valence electrons. The standard InChI is InChI=1S/C24H23ClF3N5O3S2/c1-3-6-33(38(2,35)36)17-5-4-16(20(25)12-17)11-21(34)31-7-9-32(10-8-31)22-19-13-18(14-24(26,27)28)37-23(19)30-15-29-22/h1,4-5,12-13,15H,6-11,14H2,2H3. The molecule has 1 aromatic carbocycles. The van der Waals surface area contributed by atoms with Crippen LogP contribution in [0.5, 0.6) is 0 Å². The van der Waals surface area contributed by atoms with Gasteiger partial charge in [0, 0.05) is 36.1 Å². The number of hydrogen-bond acceptors (Lipinski definition) is 7. The van der Waals surface area contributed by atoms with Crippen LogP contribution in [0.2, 0.25) is 5.02 Å². The van der Waals surface area contributed by atoms with Gasteiger partial charge in [-0.3, -0.25) is 9.10 Å². The second kappa shape index (κ2) is 11.0. The van der Waals surface area contributed by atoms with Crippen LogP contribution in [0, 0.1) is 12.3 Å². The topological polar surface area (TPSA) is 86.7 Å². The number of thiophene rings is 1. The molecule has 1 amide bonds. The molecule has 0 atom stereocenters. The van der Waals surface area contributed by atoms with Crippen molar-refractivity contribution in [3.05, 3.63) is 46.1 Å². The Morgan fingerprint density at radius 1 is 1.21 bits per heavy atom. The third kappa shape index (κ3) is 6.48. The molecule has 1 aliphatic heterocycles. The van der Waals surface area contributed by atoms with Crippen LogP contribution in [0.25, 0.3) is 10.2 Å². The van der Waals surface area contributed by atoms with Crippen molar-refractivity contribution in [2.24, 2.45) is 0 Å². The van der Waals surface area contributed by atoms with Gasteiger partial charge in [-0.15, -0.1) is 17.8 Å². The predicted octanol–water partition coefficient (Wildman–Crippen LogP) is 3.74. The largest absolute Gasteiger partial charge is 0.393 e. The van der Waals surface area contributed by atoms with Gasteiger partial charge >= 0.3 is 6.18 Å². The van der Waals surface area contributed by atoms with Crippen LogP contribution in [0.15, 0.2) is 30.6 Å². The molecule has 0 bridgehead atoms. The first-order valence-corrected chi connectivity index (χ1v) is 14.4. The van der Waals surface area contributed by atoms with Crippen molar-refractivity contribution < 1.29 is 26.4 Å². The van der Waals surface area contributed by atoms with E-state index in [1.165, 1.54) is 18.5 Å². The van der Waals surface area contributed by atoms with Crippen molar-refractivity contribution in [2.45, 2.75) is 19.0 Å². The highest BCUT2D eigenvalue weighted by molar-refractivity contribution is 7.92. The number of aromatic nitrogens is 2. The molecule has 1 fully saturated rings. The number of nitrogens with zero attached hydrogens (tertiary/aromatic N) is 5. The highest BCUT2D eigenvalue weighted by Gasteiger charge is 2.30. The number of benzene rings is 1. The summed E-state index contributed by atoms with van der Waals surface area (Å²) in [5.74, 6) is 2.70. The van der Waals surface area contributed by atoms with Crippen LogP contribution in [-0.4, -0.2) is 74.3 Å². The molecule has 1 saturated heterocycles. The number of sulfonamides is 1. The van der Waals surface area contributed by atoms with Gasteiger partial charge < -0.3 is 9.80 Å². The van der Waals surface area contributed by atoms with Crippen LogP contribution in [0.1, 0.15) is 10.4 Å². The lowest BCUT2D eigenvalue weighted by Gasteiger charge is -2.35. The number of piperazine rings is 1. The van der Waals surface area contributed by atoms with Gasteiger partial charge in [0.25, 0.3) is 0 Å². The normalized spacial score (nSPS) is 14.5. The first-order valence-electron chi connectivity index (χ1n) is 11.4. The summed E-state index contributed by atoms with van der Waals surface area (Å²) in [5, 5.41) is 0.812. The smallest absolute Gasteiger partial charge is 0.352 e. The fourth-order valence-electron chi connectivity index (χ4n) is 4.19. The number of terminal acetylenes is 1. The predicted molar refractivity (Wildman–Crippen MR) is 142 cm³/mol. The molecule has 0 unspecified atom stereocenters. The van der Waals surface area contributed by atoms with Gasteiger partial charge in [0.1, 0.15) is 17.0 Å². The number of rotatable bonds is 7. The van der Waals surface area contributed by atoms with Gasteiger partial charge in [-0.05, 0) is 23.8 Å². The molecule has 2 aromatic heterocycles. The molecular formula is C24H23ClF3N5O3S2. The zero-order valence-corrected chi connectivity index (χ0v) is 22.6. The number of amides is 1. The number of hydrogen-bond donors (Lipinski definition) is 0. The van der Waals surface area contributed by atoms with E-state index in [-0.39, 0.29) is 28.8 Å². The van der Waals surface area contributed by atoms with Gasteiger partial charge in [-0.25, -0.2) is 18.4 Å². The lowest BCUT2D eigenvalue weighted by atomic mass is 10.1. The van der Waals surface area contributed by atoms with E-state index in [0.717, 1.165) is 21.9 Å². The van der Waals surface area contributed by atoms with Gasteiger partial charge in [-0.1, -0.05) is 23.6 Å². The molecular weight excluding hydrogens is 563 g/mol. The van der Waals surface area contributed by atoms with Gasteiger partial charge in [-0.2, -0.15) is 13.2 Å². The van der Waals surface area contributed by atoms with Crippen LogP contribution in [0.3, 0.4) is 0 Å². The van der Waals surface area contributed by atoms with Crippen molar-refractivity contribution in [2.75, 3.05) is 48.2 Å². The Morgan fingerprint density at radius 3 is 2.53 bits per heavy atom. The van der Waals surface area contributed by atoms with E-state index in [1.54, 1.807) is 17.0 Å². The summed E-state index contributed by atoms with van der Waals surface area (Å²) in [6.45, 7) is 1.54. The van der Waals surface area contributed by atoms with Gasteiger partial charge in [0.2, 0.25) is 15.9 Å². The van der Waals surface area contributed by atoms with E-state index in [1.807, 2.05) is 4.90 Å². The molecule has 14 heteroatoms. The molecule has 3 heterocycles. The second-order valence-electron chi connectivity index (χ2n) is 8.71. The van der Waals surface area contributed by atoms with Crippen molar-refractivity contribution in [3.8, 4) is 12.3 Å². The average molecular weight is 586 g/mol. The van der Waals surface area contributed by atoms with Crippen molar-refractivity contribution >= 4 is 60.6 Å². The van der Waals surface area contributed by atoms with Crippen LogP contribution >= 0.6 is 22.9 Å². The lowest BCUT2D eigenvalue weighted by Crippen LogP contribution is -2.49. The number of fused-ring (bicyclic) bond motifs is 1. The van der Waals surface area contributed by atoms with Crippen molar-refractivity contribution in [3.63, 3.8) is 0 Å². The molecule has 3 aromatic rings. The maximum absolute atomic E-state index is 13.0. The van der Waals surface area contributed by atoms with Gasteiger partial charge in [0.15, 0.2) is 0 Å². The highest BCUT2D eigenvalue weighted by atomic mass is 35.5. The number of alkyl halides is 3. The Kier molecular flexibility index (Phi) is 8.06. The van der Waals surface area contributed by atoms with E-state index in [9.17, 15) is 26.4 Å². The highest BCUT2D eigenvalue weighted by Crippen LogP contribution is 2.34. The van der Waals surface area contributed by atoms with E-state index < -0.39 is 22.6 Å². The quantitative estimate of drug-likeness (QED) is 0.393. The Labute approximate surface area is 227 Å². The molecule has 0 spiro atoms. The first-order chi connectivity index (χ1) is 17.9. The minimum atomic E-state index is -4.31. The molecule has 38 heavy (non-hydrogen) atoms. The molecule has 8 nitrogen and oxygen atoms in total. The van der Waals surface area contributed by atoms with Crippen LogP contribution in [0.4, 0.5) is 24.7 Å². The van der Waals surface area contributed by atoms with Crippen molar-refractivity contribution in [1.82, 2.24) is 14.9 Å². The maximum Gasteiger partial charge on any atom is 0.393 e. The lowest BCUT2D eigenvalue weighted by molar-refractivity contribution is -0.130. The summed E-state index contributed by atoms with van der Waals surface area (Å²) in [4.78, 5) is 25.7. The molecule has 0 aliphatic carbocycles. The van der Waals surface area contributed by atoms with E-state index in [4.69, 9.17) is 18.0 Å². The maximum atomic E-state index is 13.0. The minimum Gasteiger partial charge on any atom is -0.352 e. The molecule has 0 N–H and O–H groups in total. The Hall–Kier alpha value is -3.08. The number of anilines is 2. The number of carbonyl (C=O) groups is 1. The van der Waals surface area contributed by atoms with Gasteiger partial charge in [0.05, 0.1) is 36.7 Å². The Bertz CT molecular complexity index is 1500. The minimum absolute atomic E-state index is 0.0240. The summed E-state index contributed by atoms with van der Waals surface area (Å²) >= 11 is 7.37. The fourth-order valence-corrected chi connectivity index (χ4v) is 6.26. The molecule has 4 rings (SSSR count). The second-order valence-corrected chi connectivity index (χ2v) is 12.1. The van der Waals surface area contributed by atoms with Crippen LogP contribution in [-0.2, 0) is 27.7 Å². The summed E-state index contributed by atoms with van der Waals surface area (Å²) in [6.07, 6.45) is 2.37.